The largest absolute Gasteiger partial charge is 0.461 e. The molecule has 4 rings (SSSR count). The Morgan fingerprint density at radius 3 is 2.65 bits per heavy atom. The summed E-state index contributed by atoms with van der Waals surface area (Å²) in [5, 5.41) is 3.07. The van der Waals surface area contributed by atoms with Crippen molar-refractivity contribution >= 4 is 33.9 Å². The van der Waals surface area contributed by atoms with E-state index in [9.17, 15) is 9.18 Å². The van der Waals surface area contributed by atoms with Crippen molar-refractivity contribution in [3.05, 3.63) is 72.3 Å². The van der Waals surface area contributed by atoms with Gasteiger partial charge in [-0.1, -0.05) is 18.2 Å². The number of esters is 1. The number of carbonyl (C=O) groups is 1. The summed E-state index contributed by atoms with van der Waals surface area (Å²) in [4.78, 5) is 16.9. The smallest absolute Gasteiger partial charge is 0.359 e. The Labute approximate surface area is 149 Å². The molecule has 26 heavy (non-hydrogen) atoms. The standard InChI is InChI=1S/C20H16FN3O2/c1-2-26-20(25)19-17-11-6-12-24(17)16-10-5-9-15(18(16)23-19)22-14-8-4-3-7-13(14)21/h3-12,22H,2H2,1H3. The molecule has 5 nitrogen and oxygen atoms in total. The average Bonchev–Trinajstić information content (AvgIpc) is 3.13. The third-order valence-corrected chi connectivity index (χ3v) is 4.10. The van der Waals surface area contributed by atoms with E-state index in [1.807, 2.05) is 34.9 Å². The molecule has 0 bridgehead atoms. The topological polar surface area (TPSA) is 55.6 Å². The number of rotatable bonds is 4. The van der Waals surface area contributed by atoms with Crippen molar-refractivity contribution in [1.29, 1.82) is 0 Å². The van der Waals surface area contributed by atoms with E-state index >= 15 is 0 Å². The molecular weight excluding hydrogens is 333 g/mol. The quantitative estimate of drug-likeness (QED) is 0.549. The minimum atomic E-state index is -0.487. The van der Waals surface area contributed by atoms with Crippen LogP contribution in [0.25, 0.3) is 16.6 Å². The molecule has 2 heterocycles. The van der Waals surface area contributed by atoms with Gasteiger partial charge in [-0.15, -0.1) is 0 Å². The molecule has 2 aromatic heterocycles. The molecule has 0 unspecified atom stereocenters. The summed E-state index contributed by atoms with van der Waals surface area (Å²) in [6.45, 7) is 2.01. The number of carbonyl (C=O) groups excluding carboxylic acids is 1. The van der Waals surface area contributed by atoms with Crippen molar-refractivity contribution in [2.45, 2.75) is 6.92 Å². The maximum Gasteiger partial charge on any atom is 0.359 e. The molecule has 0 atom stereocenters. The second kappa shape index (κ2) is 6.48. The number of hydrogen-bond acceptors (Lipinski definition) is 4. The lowest BCUT2D eigenvalue weighted by atomic mass is 10.2. The predicted molar refractivity (Wildman–Crippen MR) is 98.3 cm³/mol. The van der Waals surface area contributed by atoms with Crippen molar-refractivity contribution < 1.29 is 13.9 Å². The number of anilines is 2. The first-order valence-electron chi connectivity index (χ1n) is 8.27. The molecule has 0 aliphatic heterocycles. The number of halogens is 1. The fraction of sp³-hybridized carbons (Fsp3) is 0.100. The molecule has 0 saturated heterocycles. The summed E-state index contributed by atoms with van der Waals surface area (Å²) < 4.78 is 21.0. The zero-order valence-corrected chi connectivity index (χ0v) is 14.1. The number of para-hydroxylation sites is 2. The van der Waals surface area contributed by atoms with Gasteiger partial charge in [0, 0.05) is 6.20 Å². The van der Waals surface area contributed by atoms with Crippen molar-refractivity contribution in [3.8, 4) is 0 Å². The second-order valence-electron chi connectivity index (χ2n) is 5.72. The molecule has 6 heteroatoms. The monoisotopic (exact) mass is 349 g/mol. The van der Waals surface area contributed by atoms with Crippen LogP contribution >= 0.6 is 0 Å². The van der Waals surface area contributed by atoms with Crippen LogP contribution in [0.2, 0.25) is 0 Å². The number of benzene rings is 2. The lowest BCUT2D eigenvalue weighted by molar-refractivity contribution is 0.0522. The number of nitrogens with zero attached hydrogens (tertiary/aromatic N) is 2. The van der Waals surface area contributed by atoms with Crippen molar-refractivity contribution in [2.75, 3.05) is 11.9 Å². The molecule has 130 valence electrons. The van der Waals surface area contributed by atoms with Crippen LogP contribution in [0.1, 0.15) is 17.4 Å². The Morgan fingerprint density at radius 1 is 1.08 bits per heavy atom. The highest BCUT2D eigenvalue weighted by Gasteiger charge is 2.18. The molecule has 4 aromatic rings. The SMILES string of the molecule is CCOC(=O)c1nc2c(Nc3ccccc3F)cccc2n2cccc12. The van der Waals surface area contributed by atoms with Gasteiger partial charge < -0.3 is 14.5 Å². The molecule has 0 fully saturated rings. The number of aromatic nitrogens is 2. The van der Waals surface area contributed by atoms with Gasteiger partial charge in [0.05, 0.1) is 29.0 Å². The van der Waals surface area contributed by atoms with Crippen molar-refractivity contribution in [1.82, 2.24) is 9.38 Å². The lowest BCUT2D eigenvalue weighted by Crippen LogP contribution is -2.10. The van der Waals surface area contributed by atoms with E-state index in [0.717, 1.165) is 5.52 Å². The normalized spacial score (nSPS) is 11.0. The van der Waals surface area contributed by atoms with E-state index < -0.39 is 5.97 Å². The van der Waals surface area contributed by atoms with E-state index in [1.165, 1.54) is 6.07 Å². The first-order chi connectivity index (χ1) is 12.7. The Kier molecular flexibility index (Phi) is 4.01. The molecule has 0 spiro atoms. The number of hydrogen-bond donors (Lipinski definition) is 1. The summed E-state index contributed by atoms with van der Waals surface area (Å²) >= 11 is 0. The van der Waals surface area contributed by atoms with Gasteiger partial charge in [-0.2, -0.15) is 0 Å². The first-order valence-corrected chi connectivity index (χ1v) is 8.27. The Hall–Kier alpha value is -3.41. The summed E-state index contributed by atoms with van der Waals surface area (Å²) in [5.74, 6) is -0.851. The number of fused-ring (bicyclic) bond motifs is 3. The lowest BCUT2D eigenvalue weighted by Gasteiger charge is -2.13. The van der Waals surface area contributed by atoms with Crippen LogP contribution in [0.4, 0.5) is 15.8 Å². The van der Waals surface area contributed by atoms with Gasteiger partial charge >= 0.3 is 5.97 Å². The van der Waals surface area contributed by atoms with Crippen LogP contribution in [-0.2, 0) is 4.74 Å². The summed E-state index contributed by atoms with van der Waals surface area (Å²) in [6, 6.07) is 15.6. The van der Waals surface area contributed by atoms with Crippen molar-refractivity contribution in [3.63, 3.8) is 0 Å². The minimum absolute atomic E-state index is 0.229. The summed E-state index contributed by atoms with van der Waals surface area (Å²) in [5.41, 5.74) is 3.20. The second-order valence-corrected chi connectivity index (χ2v) is 5.72. The van der Waals surface area contributed by atoms with E-state index in [-0.39, 0.29) is 18.1 Å². The molecular formula is C20H16FN3O2. The van der Waals surface area contributed by atoms with E-state index in [1.54, 1.807) is 31.2 Å². The maximum atomic E-state index is 14.0. The third-order valence-electron chi connectivity index (χ3n) is 4.10. The van der Waals surface area contributed by atoms with Gasteiger partial charge in [-0.05, 0) is 43.3 Å². The van der Waals surface area contributed by atoms with E-state index in [0.29, 0.717) is 22.4 Å². The predicted octanol–water partition coefficient (Wildman–Crippen LogP) is 4.55. The molecule has 0 amide bonds. The van der Waals surface area contributed by atoms with Crippen molar-refractivity contribution in [2.24, 2.45) is 0 Å². The average molecular weight is 349 g/mol. The van der Waals surface area contributed by atoms with Crippen LogP contribution < -0.4 is 5.32 Å². The van der Waals surface area contributed by atoms with Gasteiger partial charge in [0.15, 0.2) is 5.69 Å². The molecule has 0 aliphatic rings. The van der Waals surface area contributed by atoms with Gasteiger partial charge in [0.2, 0.25) is 0 Å². The summed E-state index contributed by atoms with van der Waals surface area (Å²) in [6.07, 6.45) is 1.86. The minimum Gasteiger partial charge on any atom is -0.461 e. The van der Waals surface area contributed by atoms with Gasteiger partial charge in [-0.25, -0.2) is 14.2 Å². The van der Waals surface area contributed by atoms with Gasteiger partial charge in [0.1, 0.15) is 11.3 Å². The number of nitrogens with one attached hydrogen (secondary N) is 1. The fourth-order valence-electron chi connectivity index (χ4n) is 2.95. The maximum absolute atomic E-state index is 14.0. The molecule has 0 radical (unpaired) electrons. The van der Waals surface area contributed by atoms with Crippen LogP contribution in [0.5, 0.6) is 0 Å². The van der Waals surface area contributed by atoms with Crippen LogP contribution in [-0.4, -0.2) is 22.0 Å². The van der Waals surface area contributed by atoms with Crippen LogP contribution in [0.15, 0.2) is 60.8 Å². The third kappa shape index (κ3) is 2.65. The molecule has 0 aliphatic carbocycles. The number of ether oxygens (including phenoxy) is 1. The molecule has 2 aromatic carbocycles. The molecule has 1 N–H and O–H groups in total. The Balaban J connectivity index is 1.93. The first kappa shape index (κ1) is 16.1. The highest BCUT2D eigenvalue weighted by atomic mass is 19.1. The van der Waals surface area contributed by atoms with Crippen LogP contribution in [0.3, 0.4) is 0 Å². The zero-order chi connectivity index (χ0) is 18.1. The van der Waals surface area contributed by atoms with Gasteiger partial charge in [-0.3, -0.25) is 0 Å². The zero-order valence-electron chi connectivity index (χ0n) is 14.1. The fourth-order valence-corrected chi connectivity index (χ4v) is 2.95. The summed E-state index contributed by atoms with van der Waals surface area (Å²) in [7, 11) is 0. The highest BCUT2D eigenvalue weighted by molar-refractivity contribution is 6.00. The van der Waals surface area contributed by atoms with Crippen LogP contribution in [0, 0.1) is 5.82 Å². The van der Waals surface area contributed by atoms with E-state index in [2.05, 4.69) is 10.3 Å². The highest BCUT2D eigenvalue weighted by Crippen LogP contribution is 2.28. The van der Waals surface area contributed by atoms with Gasteiger partial charge in [0.25, 0.3) is 0 Å². The molecule has 0 saturated carbocycles. The Morgan fingerprint density at radius 2 is 1.85 bits per heavy atom. The Bertz CT molecular complexity index is 1120. The van der Waals surface area contributed by atoms with E-state index in [4.69, 9.17) is 4.74 Å².